The molecule has 2 aromatic rings. The molecule has 0 bridgehead atoms. The second-order valence-corrected chi connectivity index (χ2v) is 9.15. The van der Waals surface area contributed by atoms with E-state index in [4.69, 9.17) is 23.2 Å². The lowest BCUT2D eigenvalue weighted by Gasteiger charge is -2.34. The molecule has 1 unspecified atom stereocenters. The first-order chi connectivity index (χ1) is 11.8. The van der Waals surface area contributed by atoms with Gasteiger partial charge in [0.25, 0.3) is 0 Å². The molecule has 0 saturated carbocycles. The Kier molecular flexibility index (Phi) is 5.30. The van der Waals surface area contributed by atoms with E-state index in [9.17, 15) is 8.42 Å². The van der Waals surface area contributed by atoms with Gasteiger partial charge in [0.1, 0.15) is 0 Å². The third-order valence-electron chi connectivity index (χ3n) is 4.47. The summed E-state index contributed by atoms with van der Waals surface area (Å²) in [6.07, 6.45) is 0. The Balaban J connectivity index is 2.13. The normalized spacial score (nSPS) is 18.0. The lowest BCUT2D eigenvalue weighted by molar-refractivity contribution is 0.295. The van der Waals surface area contributed by atoms with Crippen molar-refractivity contribution in [2.45, 2.75) is 19.4 Å². The van der Waals surface area contributed by atoms with E-state index in [2.05, 4.69) is 9.62 Å². The number of anilines is 1. The van der Waals surface area contributed by atoms with Crippen LogP contribution < -0.4 is 4.72 Å². The second kappa shape index (κ2) is 7.16. The minimum absolute atomic E-state index is 0.0132. The first-order valence-electron chi connectivity index (χ1n) is 8.06. The number of fused-ring (bicyclic) bond motifs is 1. The van der Waals surface area contributed by atoms with E-state index in [1.165, 1.54) is 0 Å². The lowest BCUT2D eigenvalue weighted by Crippen LogP contribution is -2.31. The molecule has 1 aliphatic rings. The van der Waals surface area contributed by atoms with Gasteiger partial charge in [0.2, 0.25) is 10.0 Å². The fraction of sp³-hybridized carbons (Fsp3) is 0.333. The van der Waals surface area contributed by atoms with Gasteiger partial charge >= 0.3 is 0 Å². The predicted octanol–water partition coefficient (Wildman–Crippen LogP) is 4.33. The van der Waals surface area contributed by atoms with Crippen LogP contribution in [-0.4, -0.2) is 32.7 Å². The van der Waals surface area contributed by atoms with Crippen molar-refractivity contribution in [3.05, 3.63) is 63.1 Å². The Hall–Kier alpha value is -1.27. The van der Waals surface area contributed by atoms with Crippen molar-refractivity contribution >= 4 is 38.9 Å². The number of benzene rings is 2. The Labute approximate surface area is 158 Å². The van der Waals surface area contributed by atoms with Crippen molar-refractivity contribution in [3.63, 3.8) is 0 Å². The van der Waals surface area contributed by atoms with Gasteiger partial charge in [0.05, 0.1) is 11.4 Å². The third-order valence-corrected chi connectivity index (χ3v) is 6.32. The molecule has 25 heavy (non-hydrogen) atoms. The summed E-state index contributed by atoms with van der Waals surface area (Å²) in [4.78, 5) is 2.18. The van der Waals surface area contributed by atoms with E-state index >= 15 is 0 Å². The molecule has 0 aromatic heterocycles. The number of hydrogen-bond acceptors (Lipinski definition) is 3. The van der Waals surface area contributed by atoms with Gasteiger partial charge in [-0.3, -0.25) is 4.72 Å². The van der Waals surface area contributed by atoms with Gasteiger partial charge in [-0.25, -0.2) is 8.42 Å². The number of rotatable bonds is 4. The highest BCUT2D eigenvalue weighted by Gasteiger charge is 2.29. The zero-order chi connectivity index (χ0) is 18.2. The summed E-state index contributed by atoms with van der Waals surface area (Å²) in [5.74, 6) is 0.0147. The molecule has 0 radical (unpaired) electrons. The zero-order valence-electron chi connectivity index (χ0n) is 14.1. The molecule has 4 nitrogen and oxygen atoms in total. The number of likely N-dealkylation sites (N-methyl/N-ethyl adjacent to an activating group) is 1. The van der Waals surface area contributed by atoms with E-state index in [0.717, 1.165) is 29.8 Å². The Morgan fingerprint density at radius 3 is 2.64 bits per heavy atom. The van der Waals surface area contributed by atoms with Crippen LogP contribution in [0.4, 0.5) is 5.69 Å². The first-order valence-corrected chi connectivity index (χ1v) is 10.5. The summed E-state index contributed by atoms with van der Waals surface area (Å²) in [6, 6.07) is 11.2. The molecule has 7 heteroatoms. The summed E-state index contributed by atoms with van der Waals surface area (Å²) < 4.78 is 26.8. The minimum atomic E-state index is -3.36. The second-order valence-electron chi connectivity index (χ2n) is 6.30. The van der Waals surface area contributed by atoms with E-state index in [1.54, 1.807) is 19.1 Å². The molecule has 1 atom stereocenters. The molecule has 0 saturated heterocycles. The molecular formula is C18H20Cl2N2O2S. The molecule has 134 valence electrons. The molecule has 1 N–H and O–H groups in total. The number of sulfonamides is 1. The van der Waals surface area contributed by atoms with Crippen molar-refractivity contribution in [3.8, 4) is 0 Å². The average molecular weight is 399 g/mol. The summed E-state index contributed by atoms with van der Waals surface area (Å²) in [7, 11) is -1.33. The quantitative estimate of drug-likeness (QED) is 0.833. The van der Waals surface area contributed by atoms with Gasteiger partial charge in [0.15, 0.2) is 0 Å². The van der Waals surface area contributed by atoms with Crippen LogP contribution in [0, 0.1) is 0 Å². The van der Waals surface area contributed by atoms with Gasteiger partial charge in [-0.15, -0.1) is 0 Å². The van der Waals surface area contributed by atoms with Crippen LogP contribution in [0.15, 0.2) is 36.4 Å². The maximum Gasteiger partial charge on any atom is 0.232 e. The predicted molar refractivity (Wildman–Crippen MR) is 104 cm³/mol. The molecule has 0 aliphatic carbocycles. The fourth-order valence-electron chi connectivity index (χ4n) is 3.25. The highest BCUT2D eigenvalue weighted by Crippen LogP contribution is 2.40. The number of hydrogen-bond donors (Lipinski definition) is 1. The van der Waals surface area contributed by atoms with E-state index in [0.29, 0.717) is 15.7 Å². The number of nitrogens with zero attached hydrogens (tertiary/aromatic N) is 1. The highest BCUT2D eigenvalue weighted by atomic mass is 35.5. The van der Waals surface area contributed by atoms with Crippen molar-refractivity contribution < 1.29 is 8.42 Å². The molecule has 3 rings (SSSR count). The molecule has 0 amide bonds. The van der Waals surface area contributed by atoms with Crippen LogP contribution in [0.25, 0.3) is 0 Å². The highest BCUT2D eigenvalue weighted by molar-refractivity contribution is 7.92. The number of halogens is 2. The van der Waals surface area contributed by atoms with Crippen molar-refractivity contribution in [2.24, 2.45) is 0 Å². The summed E-state index contributed by atoms with van der Waals surface area (Å²) in [6.45, 7) is 3.12. The standard InChI is InChI=1S/C18H20Cl2N2O2S/c1-3-25(23,24)21-18-7-5-4-6-13(18)15-10-22(2)11-16-14(15)8-12(19)9-17(16)20/h4-9,15,21H,3,10-11H2,1-2H3. The maximum atomic E-state index is 12.1. The lowest BCUT2D eigenvalue weighted by atomic mass is 9.84. The third kappa shape index (κ3) is 3.95. The van der Waals surface area contributed by atoms with Crippen molar-refractivity contribution in [1.29, 1.82) is 0 Å². The molecule has 1 aliphatic heterocycles. The van der Waals surface area contributed by atoms with Gasteiger partial charge < -0.3 is 4.90 Å². The smallest absolute Gasteiger partial charge is 0.232 e. The van der Waals surface area contributed by atoms with E-state index < -0.39 is 10.0 Å². The SMILES string of the molecule is CCS(=O)(=O)Nc1ccccc1C1CN(C)Cc2c(Cl)cc(Cl)cc21. The first kappa shape index (κ1) is 18.5. The van der Waals surface area contributed by atoms with Gasteiger partial charge in [0, 0.05) is 29.1 Å². The van der Waals surface area contributed by atoms with E-state index in [1.807, 2.05) is 31.3 Å². The summed E-state index contributed by atoms with van der Waals surface area (Å²) in [5.41, 5.74) is 3.62. The summed E-state index contributed by atoms with van der Waals surface area (Å²) in [5, 5.41) is 1.23. The zero-order valence-corrected chi connectivity index (χ0v) is 16.4. The minimum Gasteiger partial charge on any atom is -0.301 e. The van der Waals surface area contributed by atoms with Gasteiger partial charge in [-0.1, -0.05) is 41.4 Å². The largest absolute Gasteiger partial charge is 0.301 e. The molecule has 0 fully saturated rings. The van der Waals surface area contributed by atoms with Crippen LogP contribution in [0.2, 0.25) is 10.0 Å². The molecular weight excluding hydrogens is 379 g/mol. The van der Waals surface area contributed by atoms with Crippen LogP contribution in [0.3, 0.4) is 0 Å². The van der Waals surface area contributed by atoms with Gasteiger partial charge in [-0.05, 0) is 48.9 Å². The van der Waals surface area contributed by atoms with E-state index in [-0.39, 0.29) is 11.7 Å². The average Bonchev–Trinajstić information content (AvgIpc) is 2.55. The van der Waals surface area contributed by atoms with Crippen molar-refractivity contribution in [2.75, 3.05) is 24.1 Å². The van der Waals surface area contributed by atoms with Gasteiger partial charge in [-0.2, -0.15) is 0 Å². The fourth-order valence-corrected chi connectivity index (χ4v) is 4.48. The van der Waals surface area contributed by atoms with Crippen LogP contribution in [0.1, 0.15) is 29.5 Å². The molecule has 1 heterocycles. The number of para-hydroxylation sites is 1. The topological polar surface area (TPSA) is 49.4 Å². The Morgan fingerprint density at radius 1 is 1.20 bits per heavy atom. The van der Waals surface area contributed by atoms with Crippen molar-refractivity contribution in [1.82, 2.24) is 4.90 Å². The Morgan fingerprint density at radius 2 is 1.92 bits per heavy atom. The number of nitrogens with one attached hydrogen (secondary N) is 1. The monoisotopic (exact) mass is 398 g/mol. The summed E-state index contributed by atoms with van der Waals surface area (Å²) >= 11 is 12.6. The Bertz CT molecular complexity index is 900. The maximum absolute atomic E-state index is 12.1. The van der Waals surface area contributed by atoms with Crippen LogP contribution in [0.5, 0.6) is 0 Å². The molecule has 2 aromatic carbocycles. The molecule has 0 spiro atoms. The van der Waals surface area contributed by atoms with Crippen LogP contribution in [-0.2, 0) is 16.6 Å². The van der Waals surface area contributed by atoms with Crippen LogP contribution >= 0.6 is 23.2 Å².